The lowest BCUT2D eigenvalue weighted by Gasteiger charge is -2.35. The fraction of sp³-hybridized carbons (Fsp3) is 0.553. The van der Waals surface area contributed by atoms with E-state index in [9.17, 15) is 24.0 Å². The standard InChI is InChI=1S/C38H52N6O5S/c1-23(25-12-8-6-9-13-25)33(45)40-27-16-18-28(19-17-27)41-35(47)31(26-14-10-7-11-15-26)43-36(48)32-38(3,4)22-30-44(32)37(49)29(20-21-50-30)42-34(46)24(2)39-5/h6-15,23-24,27-32,39H,16-22H2,1-5H3,(H,40,45)(H,41,47)(H,42,46)(H,43,48)/t23-,24-,27-,28-,29-,30-,31+,32+/m0/s1. The Morgan fingerprint density at radius 3 is 1.92 bits per heavy atom. The van der Waals surface area contributed by atoms with Crippen molar-refractivity contribution < 1.29 is 24.0 Å². The van der Waals surface area contributed by atoms with Crippen molar-refractivity contribution in [2.75, 3.05) is 12.8 Å². The van der Waals surface area contributed by atoms with Crippen LogP contribution in [0, 0.1) is 5.41 Å². The lowest BCUT2D eigenvalue weighted by Crippen LogP contribution is -2.58. The van der Waals surface area contributed by atoms with E-state index in [1.807, 2.05) is 81.4 Å². The Labute approximate surface area is 299 Å². The van der Waals surface area contributed by atoms with Gasteiger partial charge in [-0.2, -0.15) is 0 Å². The van der Waals surface area contributed by atoms with Crippen LogP contribution in [0.2, 0.25) is 0 Å². The highest BCUT2D eigenvalue weighted by molar-refractivity contribution is 7.99. The minimum Gasteiger partial charge on any atom is -0.353 e. The number of likely N-dealkylation sites (N-methyl/N-ethyl adjacent to an activating group) is 1. The molecule has 5 N–H and O–H groups in total. The number of fused-ring (bicyclic) bond motifs is 1. The SMILES string of the molecule is CN[C@@H](C)C(=O)N[C@H]1CCS[C@H]2CC(C)(C)[C@@H](C(=O)N[C@@H](C(=O)N[C@H]3CC[C@H](NC(=O)[C@@H](C)c4ccccc4)CC3)c3ccccc3)N2C1=O. The quantitative estimate of drug-likeness (QED) is 0.241. The van der Waals surface area contributed by atoms with Gasteiger partial charge >= 0.3 is 0 Å². The summed E-state index contributed by atoms with van der Waals surface area (Å²) in [5, 5.41) is 15.0. The fourth-order valence-electron chi connectivity index (χ4n) is 7.33. The van der Waals surface area contributed by atoms with Gasteiger partial charge in [-0.1, -0.05) is 74.5 Å². The molecule has 5 rings (SSSR count). The zero-order valence-corrected chi connectivity index (χ0v) is 30.6. The van der Waals surface area contributed by atoms with Crippen molar-refractivity contribution >= 4 is 41.3 Å². The molecule has 50 heavy (non-hydrogen) atoms. The van der Waals surface area contributed by atoms with Crippen LogP contribution in [0.25, 0.3) is 0 Å². The number of amides is 5. The minimum absolute atomic E-state index is 0.00451. The molecule has 2 aliphatic heterocycles. The van der Waals surface area contributed by atoms with E-state index in [2.05, 4.69) is 26.6 Å². The molecule has 0 radical (unpaired) electrons. The minimum atomic E-state index is -0.968. The Hall–Kier alpha value is -3.90. The number of thioether (sulfide) groups is 1. The van der Waals surface area contributed by atoms with Crippen molar-refractivity contribution in [3.63, 3.8) is 0 Å². The number of nitrogens with zero attached hydrogens (tertiary/aromatic N) is 1. The molecule has 1 saturated carbocycles. The molecule has 3 aliphatic rings. The van der Waals surface area contributed by atoms with Crippen LogP contribution < -0.4 is 26.6 Å². The van der Waals surface area contributed by atoms with Crippen molar-refractivity contribution in [2.45, 2.75) is 114 Å². The molecule has 1 aliphatic carbocycles. The molecule has 12 heteroatoms. The van der Waals surface area contributed by atoms with E-state index in [0.29, 0.717) is 37.0 Å². The van der Waals surface area contributed by atoms with Gasteiger partial charge in [0, 0.05) is 12.1 Å². The summed E-state index contributed by atoms with van der Waals surface area (Å²) in [7, 11) is 1.69. The number of hydrogen-bond acceptors (Lipinski definition) is 7. The van der Waals surface area contributed by atoms with Crippen molar-refractivity contribution in [1.82, 2.24) is 31.5 Å². The number of rotatable bonds is 11. The first-order valence-electron chi connectivity index (χ1n) is 17.8. The van der Waals surface area contributed by atoms with E-state index in [-0.39, 0.29) is 47.0 Å². The van der Waals surface area contributed by atoms with Gasteiger partial charge in [-0.3, -0.25) is 24.0 Å². The first kappa shape index (κ1) is 37.4. The molecule has 0 unspecified atom stereocenters. The monoisotopic (exact) mass is 704 g/mol. The van der Waals surface area contributed by atoms with Gasteiger partial charge in [0.15, 0.2) is 0 Å². The van der Waals surface area contributed by atoms with Gasteiger partial charge in [-0.25, -0.2) is 0 Å². The molecule has 11 nitrogen and oxygen atoms in total. The third kappa shape index (κ3) is 8.69. The second-order valence-corrected chi connectivity index (χ2v) is 15.9. The number of carbonyl (C=O) groups is 5. The van der Waals surface area contributed by atoms with E-state index < -0.39 is 35.5 Å². The second kappa shape index (κ2) is 16.4. The first-order chi connectivity index (χ1) is 23.9. The Bertz CT molecular complexity index is 1520. The van der Waals surface area contributed by atoms with Crippen LogP contribution in [-0.2, 0) is 24.0 Å². The fourth-order valence-corrected chi connectivity index (χ4v) is 8.91. The molecule has 2 saturated heterocycles. The number of hydrogen-bond donors (Lipinski definition) is 5. The number of carbonyl (C=O) groups excluding carboxylic acids is 5. The van der Waals surface area contributed by atoms with E-state index in [4.69, 9.17) is 0 Å². The molecule has 2 aromatic carbocycles. The maximum atomic E-state index is 14.3. The van der Waals surface area contributed by atoms with Crippen LogP contribution in [0.3, 0.4) is 0 Å². The third-order valence-corrected chi connectivity index (χ3v) is 11.7. The molecule has 0 bridgehead atoms. The number of nitrogens with one attached hydrogen (secondary N) is 5. The van der Waals surface area contributed by atoms with Crippen molar-refractivity contribution in [3.05, 3.63) is 71.8 Å². The Kier molecular flexibility index (Phi) is 12.3. The summed E-state index contributed by atoms with van der Waals surface area (Å²) < 4.78 is 0. The molecule has 0 spiro atoms. The molecule has 5 amide bonds. The average molecular weight is 705 g/mol. The summed E-state index contributed by atoms with van der Waals surface area (Å²) in [6.45, 7) is 7.59. The van der Waals surface area contributed by atoms with Crippen LogP contribution >= 0.6 is 11.8 Å². The molecule has 2 heterocycles. The van der Waals surface area contributed by atoms with Gasteiger partial charge in [-0.15, -0.1) is 11.8 Å². The van der Waals surface area contributed by atoms with Crippen molar-refractivity contribution in [3.8, 4) is 0 Å². The first-order valence-corrected chi connectivity index (χ1v) is 18.9. The predicted molar refractivity (Wildman–Crippen MR) is 195 cm³/mol. The van der Waals surface area contributed by atoms with Gasteiger partial charge in [0.1, 0.15) is 18.1 Å². The van der Waals surface area contributed by atoms with Gasteiger partial charge in [0.25, 0.3) is 0 Å². The largest absolute Gasteiger partial charge is 0.353 e. The summed E-state index contributed by atoms with van der Waals surface area (Å²) in [5.74, 6) is -0.842. The maximum absolute atomic E-state index is 14.3. The summed E-state index contributed by atoms with van der Waals surface area (Å²) in [5.41, 5.74) is 1.05. The van der Waals surface area contributed by atoms with E-state index in [1.165, 1.54) is 0 Å². The zero-order chi connectivity index (χ0) is 36.0. The molecule has 270 valence electrons. The molecule has 2 aromatic rings. The Morgan fingerprint density at radius 2 is 1.34 bits per heavy atom. The summed E-state index contributed by atoms with van der Waals surface area (Å²) in [6.07, 6.45) is 3.95. The normalized spacial score (nSPS) is 26.4. The molecular formula is C38H52N6O5S. The predicted octanol–water partition coefficient (Wildman–Crippen LogP) is 3.37. The highest BCUT2D eigenvalue weighted by atomic mass is 32.2. The maximum Gasteiger partial charge on any atom is 0.247 e. The van der Waals surface area contributed by atoms with Crippen molar-refractivity contribution in [2.24, 2.45) is 5.41 Å². The molecule has 3 fully saturated rings. The summed E-state index contributed by atoms with van der Waals surface area (Å²) in [6, 6.07) is 15.8. The third-order valence-electron chi connectivity index (χ3n) is 10.5. The van der Waals surface area contributed by atoms with Gasteiger partial charge in [0.2, 0.25) is 29.5 Å². The van der Waals surface area contributed by atoms with Gasteiger partial charge in [-0.05, 0) is 81.7 Å². The summed E-state index contributed by atoms with van der Waals surface area (Å²) >= 11 is 1.63. The highest BCUT2D eigenvalue weighted by Gasteiger charge is 2.55. The lowest BCUT2D eigenvalue weighted by molar-refractivity contribution is -0.144. The number of benzene rings is 2. The highest BCUT2D eigenvalue weighted by Crippen LogP contribution is 2.46. The average Bonchev–Trinajstić information content (AvgIpc) is 3.31. The summed E-state index contributed by atoms with van der Waals surface area (Å²) in [4.78, 5) is 69.6. The van der Waals surface area contributed by atoms with E-state index >= 15 is 0 Å². The molecular weight excluding hydrogens is 653 g/mol. The molecule has 6 atom stereocenters. The van der Waals surface area contributed by atoms with Crippen molar-refractivity contribution in [1.29, 1.82) is 0 Å². The Balaban J connectivity index is 1.25. The second-order valence-electron chi connectivity index (χ2n) is 14.6. The van der Waals surface area contributed by atoms with Crippen LogP contribution in [-0.4, -0.2) is 82.8 Å². The zero-order valence-electron chi connectivity index (χ0n) is 29.7. The van der Waals surface area contributed by atoms with Crippen LogP contribution in [0.5, 0.6) is 0 Å². The Morgan fingerprint density at radius 1 is 0.780 bits per heavy atom. The van der Waals surface area contributed by atoms with Gasteiger partial charge in [0.05, 0.1) is 17.3 Å². The van der Waals surface area contributed by atoms with Gasteiger partial charge < -0.3 is 31.5 Å². The van der Waals surface area contributed by atoms with Crippen LogP contribution in [0.15, 0.2) is 60.7 Å². The van der Waals surface area contributed by atoms with E-state index in [0.717, 1.165) is 18.4 Å². The van der Waals surface area contributed by atoms with Crippen LogP contribution in [0.1, 0.15) is 89.3 Å². The van der Waals surface area contributed by atoms with E-state index in [1.54, 1.807) is 30.6 Å². The molecule has 0 aromatic heterocycles. The van der Waals surface area contributed by atoms with Crippen LogP contribution in [0.4, 0.5) is 0 Å². The smallest absolute Gasteiger partial charge is 0.247 e. The lowest BCUT2D eigenvalue weighted by atomic mass is 9.83. The topological polar surface area (TPSA) is 149 Å².